The monoisotopic (exact) mass is 428 g/mol. The first-order valence-electron chi connectivity index (χ1n) is 9.18. The molecule has 0 heterocycles. The number of benzene rings is 3. The number of anilines is 1. The quantitative estimate of drug-likeness (QED) is 0.574. The molecule has 0 atom stereocenters. The molecule has 0 aliphatic heterocycles. The highest BCUT2D eigenvalue weighted by atomic mass is 32.2. The van der Waals surface area contributed by atoms with Gasteiger partial charge in [-0.15, -0.1) is 0 Å². The molecule has 0 saturated carbocycles. The van der Waals surface area contributed by atoms with Crippen LogP contribution in [0.3, 0.4) is 0 Å². The zero-order chi connectivity index (χ0) is 21.6. The Hall–Kier alpha value is -3.39. The number of hydrogen-bond acceptors (Lipinski definition) is 4. The van der Waals surface area contributed by atoms with Gasteiger partial charge in [-0.1, -0.05) is 42.5 Å². The first kappa shape index (κ1) is 21.3. The number of nitrogens with one attached hydrogen (secondary N) is 2. The van der Waals surface area contributed by atoms with Crippen LogP contribution in [-0.2, 0) is 16.4 Å². The van der Waals surface area contributed by atoms with Gasteiger partial charge >= 0.3 is 0 Å². The molecule has 0 fully saturated rings. The summed E-state index contributed by atoms with van der Waals surface area (Å²) in [6, 6.07) is 19.2. The SMILES string of the molecule is COc1ccc(S(=O)(=O)Nc2ccccc2C(=O)NCCc2ccccc2)cc1F. The van der Waals surface area contributed by atoms with Crippen LogP contribution in [0.5, 0.6) is 5.75 Å². The minimum atomic E-state index is -4.11. The molecule has 0 aliphatic rings. The number of methoxy groups -OCH3 is 1. The Morgan fingerprint density at radius 3 is 2.40 bits per heavy atom. The first-order valence-corrected chi connectivity index (χ1v) is 10.7. The van der Waals surface area contributed by atoms with E-state index in [1.54, 1.807) is 12.1 Å². The van der Waals surface area contributed by atoms with Crippen LogP contribution < -0.4 is 14.8 Å². The van der Waals surface area contributed by atoms with E-state index in [0.717, 1.165) is 11.6 Å². The summed E-state index contributed by atoms with van der Waals surface area (Å²) >= 11 is 0. The third-order valence-electron chi connectivity index (χ3n) is 4.39. The lowest BCUT2D eigenvalue weighted by Gasteiger charge is -2.13. The second-order valence-electron chi connectivity index (χ2n) is 6.44. The third-order valence-corrected chi connectivity index (χ3v) is 5.75. The lowest BCUT2D eigenvalue weighted by Crippen LogP contribution is -2.27. The third kappa shape index (κ3) is 5.15. The largest absolute Gasteiger partial charge is 0.494 e. The zero-order valence-corrected chi connectivity index (χ0v) is 17.1. The van der Waals surface area contributed by atoms with Crippen LogP contribution in [0.4, 0.5) is 10.1 Å². The van der Waals surface area contributed by atoms with Gasteiger partial charge in [0.2, 0.25) is 0 Å². The zero-order valence-electron chi connectivity index (χ0n) is 16.3. The number of rotatable bonds is 8. The van der Waals surface area contributed by atoms with Crippen LogP contribution in [0, 0.1) is 5.82 Å². The van der Waals surface area contributed by atoms with E-state index in [4.69, 9.17) is 4.74 Å². The molecule has 30 heavy (non-hydrogen) atoms. The maximum absolute atomic E-state index is 13.9. The van der Waals surface area contributed by atoms with Crippen LogP contribution in [0.25, 0.3) is 0 Å². The van der Waals surface area contributed by atoms with Gasteiger partial charge in [0.05, 0.1) is 23.3 Å². The van der Waals surface area contributed by atoms with Gasteiger partial charge in [0.25, 0.3) is 15.9 Å². The number of hydrogen-bond donors (Lipinski definition) is 2. The molecule has 6 nitrogen and oxygen atoms in total. The molecule has 0 saturated heterocycles. The fourth-order valence-corrected chi connectivity index (χ4v) is 3.94. The van der Waals surface area contributed by atoms with Gasteiger partial charge in [-0.2, -0.15) is 0 Å². The molecule has 2 N–H and O–H groups in total. The first-order chi connectivity index (χ1) is 14.4. The smallest absolute Gasteiger partial charge is 0.262 e. The van der Waals surface area contributed by atoms with Gasteiger partial charge in [0.1, 0.15) is 0 Å². The predicted molar refractivity (Wildman–Crippen MR) is 113 cm³/mol. The van der Waals surface area contributed by atoms with Crippen LogP contribution in [0.15, 0.2) is 77.7 Å². The fourth-order valence-electron chi connectivity index (χ4n) is 2.85. The maximum Gasteiger partial charge on any atom is 0.262 e. The van der Waals surface area contributed by atoms with Gasteiger partial charge in [-0.3, -0.25) is 9.52 Å². The molecule has 3 rings (SSSR count). The molecule has 8 heteroatoms. The average Bonchev–Trinajstić information content (AvgIpc) is 2.74. The maximum atomic E-state index is 13.9. The summed E-state index contributed by atoms with van der Waals surface area (Å²) < 4.78 is 46.4. The Labute approximate surface area is 174 Å². The fraction of sp³-hybridized carbons (Fsp3) is 0.136. The number of halogens is 1. The predicted octanol–water partition coefficient (Wildman–Crippen LogP) is 3.61. The summed E-state index contributed by atoms with van der Waals surface area (Å²) in [5, 5.41) is 2.79. The van der Waals surface area contributed by atoms with Crippen molar-refractivity contribution in [1.82, 2.24) is 5.32 Å². The van der Waals surface area contributed by atoms with E-state index in [9.17, 15) is 17.6 Å². The number of ether oxygens (including phenoxy) is 1. The molecular formula is C22H21FN2O4S. The van der Waals surface area contributed by atoms with Crippen molar-refractivity contribution in [2.45, 2.75) is 11.3 Å². The number of amides is 1. The van der Waals surface area contributed by atoms with Crippen molar-refractivity contribution in [3.05, 3.63) is 89.7 Å². The molecule has 156 valence electrons. The van der Waals surface area contributed by atoms with E-state index in [-0.39, 0.29) is 21.9 Å². The van der Waals surface area contributed by atoms with Crippen molar-refractivity contribution in [2.24, 2.45) is 0 Å². The highest BCUT2D eigenvalue weighted by Gasteiger charge is 2.20. The van der Waals surface area contributed by atoms with Crippen molar-refractivity contribution in [1.29, 1.82) is 0 Å². The van der Waals surface area contributed by atoms with E-state index in [1.807, 2.05) is 30.3 Å². The van der Waals surface area contributed by atoms with Gasteiger partial charge in [0.15, 0.2) is 11.6 Å². The van der Waals surface area contributed by atoms with Crippen molar-refractivity contribution >= 4 is 21.6 Å². The van der Waals surface area contributed by atoms with E-state index in [2.05, 4.69) is 10.0 Å². The van der Waals surface area contributed by atoms with Crippen molar-refractivity contribution < 1.29 is 22.3 Å². The molecule has 0 aromatic heterocycles. The number of carbonyl (C=O) groups is 1. The molecule has 0 bridgehead atoms. The van der Waals surface area contributed by atoms with E-state index < -0.39 is 21.7 Å². The highest BCUT2D eigenvalue weighted by molar-refractivity contribution is 7.92. The standard InChI is InChI=1S/C22H21FN2O4S/c1-29-21-12-11-17(15-19(21)23)30(27,28)25-20-10-6-5-9-18(20)22(26)24-14-13-16-7-3-2-4-8-16/h2-12,15,25H,13-14H2,1H3,(H,24,26). The van der Waals surface area contributed by atoms with Crippen LogP contribution in [0.2, 0.25) is 0 Å². The number of carbonyl (C=O) groups excluding carboxylic acids is 1. The minimum Gasteiger partial charge on any atom is -0.494 e. The number of sulfonamides is 1. The summed E-state index contributed by atoms with van der Waals surface area (Å²) in [6.45, 7) is 0.396. The topological polar surface area (TPSA) is 84.5 Å². The Morgan fingerprint density at radius 1 is 1.00 bits per heavy atom. The van der Waals surface area contributed by atoms with E-state index >= 15 is 0 Å². The molecular weight excluding hydrogens is 407 g/mol. The molecule has 0 unspecified atom stereocenters. The minimum absolute atomic E-state index is 0.0628. The van der Waals surface area contributed by atoms with E-state index in [0.29, 0.717) is 13.0 Å². The Morgan fingerprint density at radius 2 is 1.70 bits per heavy atom. The van der Waals surface area contributed by atoms with Crippen molar-refractivity contribution in [3.8, 4) is 5.75 Å². The number of para-hydroxylation sites is 1. The average molecular weight is 428 g/mol. The molecule has 3 aromatic carbocycles. The molecule has 0 aliphatic carbocycles. The molecule has 0 spiro atoms. The second kappa shape index (κ2) is 9.41. The van der Waals surface area contributed by atoms with Crippen LogP contribution in [-0.4, -0.2) is 28.0 Å². The molecule has 1 amide bonds. The lowest BCUT2D eigenvalue weighted by molar-refractivity contribution is 0.0955. The van der Waals surface area contributed by atoms with Crippen molar-refractivity contribution in [3.63, 3.8) is 0 Å². The Kier molecular flexibility index (Phi) is 6.68. The Balaban J connectivity index is 1.74. The molecule has 0 radical (unpaired) electrons. The second-order valence-corrected chi connectivity index (χ2v) is 8.12. The van der Waals surface area contributed by atoms with Crippen LogP contribution >= 0.6 is 0 Å². The summed E-state index contributed by atoms with van der Waals surface area (Å²) in [5.41, 5.74) is 1.35. The lowest BCUT2D eigenvalue weighted by atomic mass is 10.1. The summed E-state index contributed by atoms with van der Waals surface area (Å²) in [6.07, 6.45) is 0.644. The van der Waals surface area contributed by atoms with Gasteiger partial charge in [0, 0.05) is 6.54 Å². The van der Waals surface area contributed by atoms with Gasteiger partial charge in [-0.05, 0) is 42.3 Å². The Bertz CT molecular complexity index is 1130. The van der Waals surface area contributed by atoms with Gasteiger partial charge < -0.3 is 10.1 Å². The summed E-state index contributed by atoms with van der Waals surface area (Å²) in [7, 11) is -2.82. The summed E-state index contributed by atoms with van der Waals surface area (Å²) in [4.78, 5) is 12.3. The highest BCUT2D eigenvalue weighted by Crippen LogP contribution is 2.24. The van der Waals surface area contributed by atoms with E-state index in [1.165, 1.54) is 31.4 Å². The summed E-state index contributed by atoms with van der Waals surface area (Å²) in [5.74, 6) is -1.27. The van der Waals surface area contributed by atoms with Crippen LogP contribution in [0.1, 0.15) is 15.9 Å². The van der Waals surface area contributed by atoms with Crippen molar-refractivity contribution in [2.75, 3.05) is 18.4 Å². The normalized spacial score (nSPS) is 11.0. The molecule has 3 aromatic rings. The van der Waals surface area contributed by atoms with Gasteiger partial charge in [-0.25, -0.2) is 12.8 Å².